The van der Waals surface area contributed by atoms with Gasteiger partial charge in [0.1, 0.15) is 19.3 Å². The van der Waals surface area contributed by atoms with E-state index < -0.39 is 97.5 Å². The van der Waals surface area contributed by atoms with Crippen molar-refractivity contribution in [1.82, 2.24) is 0 Å². The lowest BCUT2D eigenvalue weighted by molar-refractivity contribution is -0.161. The summed E-state index contributed by atoms with van der Waals surface area (Å²) >= 11 is 0. The molecule has 0 aliphatic carbocycles. The van der Waals surface area contributed by atoms with Crippen molar-refractivity contribution in [1.29, 1.82) is 0 Å². The number of hydrogen-bond donors (Lipinski definition) is 3. The molecule has 5 atom stereocenters. The highest BCUT2D eigenvalue weighted by Gasteiger charge is 2.30. The topological polar surface area (TPSA) is 237 Å². The second-order valence-electron chi connectivity index (χ2n) is 24.1. The summed E-state index contributed by atoms with van der Waals surface area (Å²) in [5, 5.41) is 10.6. The van der Waals surface area contributed by atoms with Crippen LogP contribution in [-0.2, 0) is 65.4 Å². The van der Waals surface area contributed by atoms with Crippen molar-refractivity contribution in [3.63, 3.8) is 0 Å². The van der Waals surface area contributed by atoms with Gasteiger partial charge >= 0.3 is 39.5 Å². The summed E-state index contributed by atoms with van der Waals surface area (Å²) in [6.07, 6.45) is 73.8. The Kier molecular flexibility index (Phi) is 65.7. The van der Waals surface area contributed by atoms with E-state index in [1.807, 2.05) is 18.2 Å². The van der Waals surface area contributed by atoms with Crippen LogP contribution in [0, 0.1) is 0 Å². The Morgan fingerprint density at radius 2 is 0.594 bits per heavy atom. The summed E-state index contributed by atoms with van der Waals surface area (Å²) in [4.78, 5) is 72.6. The lowest BCUT2D eigenvalue weighted by Gasteiger charge is -2.21. The number of aliphatic hydroxyl groups excluding tert-OH is 1. The fraction of sp³-hybridized carbons (Fsp3) is 0.688. The quantitative estimate of drug-likeness (QED) is 0.0169. The number of allylic oxidation sites excluding steroid dienone is 19. The standard InChI is InChI=1S/C77H130O17P2/c1-5-9-13-17-21-25-29-32-35-38-42-45-49-53-57-61-74(79)87-67-72(93-76(81)63-59-55-51-47-41-28-24-20-16-12-8-4)69-91-95(83,84)89-65-71(78)66-90-96(85,86)92-70-73(94-77(82)64-60-56-52-48-44-40-37-34-31-27-23-19-15-11-7-3)68-88-75(80)62-58-54-50-46-43-39-36-33-30-26-22-18-14-10-6-2/h10-11,14-15,20,22-24,26-27,32-37,43,46,54,58,71-73,78H,5-9,12-13,16-19,21,25,28-31,38-42,44-45,47-53,55-57,59-70H2,1-4H3,(H,83,84)(H,85,86)/b14-10-,15-11-,24-20-,26-22-,27-23-,35-32-,36-33-,37-34-,46-43-,58-54-. The van der Waals surface area contributed by atoms with Gasteiger partial charge in [0.25, 0.3) is 0 Å². The molecule has 0 radical (unpaired) electrons. The van der Waals surface area contributed by atoms with Gasteiger partial charge in [0.05, 0.1) is 32.8 Å². The number of ether oxygens (including phenoxy) is 4. The van der Waals surface area contributed by atoms with E-state index in [-0.39, 0.29) is 25.7 Å². The molecule has 3 N–H and O–H groups in total. The maximum Gasteiger partial charge on any atom is 0.472 e. The molecule has 0 aliphatic heterocycles. The summed E-state index contributed by atoms with van der Waals surface area (Å²) in [5.41, 5.74) is 0. The zero-order chi connectivity index (χ0) is 70.4. The minimum Gasteiger partial charge on any atom is -0.462 e. The molecule has 0 aromatic carbocycles. The zero-order valence-corrected chi connectivity index (χ0v) is 61.5. The predicted octanol–water partition coefficient (Wildman–Crippen LogP) is 20.8. The van der Waals surface area contributed by atoms with Crippen LogP contribution in [0.1, 0.15) is 285 Å². The lowest BCUT2D eigenvalue weighted by Crippen LogP contribution is -2.30. The average Bonchev–Trinajstić information content (AvgIpc) is 1.09. The largest absolute Gasteiger partial charge is 0.472 e. The maximum atomic E-state index is 13.0. The third-order valence-electron chi connectivity index (χ3n) is 14.9. The lowest BCUT2D eigenvalue weighted by atomic mass is 10.1. The number of rotatable bonds is 68. The first kappa shape index (κ1) is 91.5. The number of hydrogen-bond acceptors (Lipinski definition) is 15. The van der Waals surface area contributed by atoms with Gasteiger partial charge in [-0.1, -0.05) is 252 Å². The van der Waals surface area contributed by atoms with E-state index in [1.165, 1.54) is 51.4 Å². The van der Waals surface area contributed by atoms with Crippen molar-refractivity contribution in [2.75, 3.05) is 39.6 Å². The molecule has 19 heteroatoms. The second-order valence-corrected chi connectivity index (χ2v) is 27.0. The molecule has 0 aliphatic rings. The molecule has 17 nitrogen and oxygen atoms in total. The van der Waals surface area contributed by atoms with Gasteiger partial charge in [0.2, 0.25) is 0 Å². The first-order valence-electron chi connectivity index (χ1n) is 36.8. The summed E-state index contributed by atoms with van der Waals surface area (Å²) < 4.78 is 68.2. The highest BCUT2D eigenvalue weighted by atomic mass is 31.2. The Labute approximate surface area is 581 Å². The van der Waals surface area contributed by atoms with Crippen molar-refractivity contribution in [3.8, 4) is 0 Å². The zero-order valence-electron chi connectivity index (χ0n) is 59.8. The molecule has 0 fully saturated rings. The van der Waals surface area contributed by atoms with Crippen molar-refractivity contribution in [2.24, 2.45) is 0 Å². The molecule has 0 amide bonds. The molecule has 0 bridgehead atoms. The fourth-order valence-electron chi connectivity index (χ4n) is 9.34. The van der Waals surface area contributed by atoms with Crippen LogP contribution in [0.2, 0.25) is 0 Å². The summed E-state index contributed by atoms with van der Waals surface area (Å²) in [6.45, 7) is 4.43. The van der Waals surface area contributed by atoms with Gasteiger partial charge in [0.15, 0.2) is 12.2 Å². The molecule has 0 saturated heterocycles. The van der Waals surface area contributed by atoms with Crippen LogP contribution in [0.25, 0.3) is 0 Å². The molecular weight excluding hydrogens is 1260 g/mol. The Morgan fingerprint density at radius 1 is 0.312 bits per heavy atom. The predicted molar refractivity (Wildman–Crippen MR) is 390 cm³/mol. The highest BCUT2D eigenvalue weighted by molar-refractivity contribution is 7.47. The Hall–Kier alpha value is -4.54. The van der Waals surface area contributed by atoms with Crippen LogP contribution in [0.3, 0.4) is 0 Å². The van der Waals surface area contributed by atoms with Crippen molar-refractivity contribution >= 4 is 39.5 Å². The summed E-state index contributed by atoms with van der Waals surface area (Å²) in [6, 6.07) is 0. The van der Waals surface area contributed by atoms with E-state index in [0.29, 0.717) is 25.7 Å². The van der Waals surface area contributed by atoms with E-state index in [9.17, 15) is 43.2 Å². The van der Waals surface area contributed by atoms with Gasteiger partial charge in [-0.2, -0.15) is 0 Å². The number of unbranched alkanes of at least 4 members (excludes halogenated alkanes) is 23. The number of phosphoric acid groups is 2. The molecule has 0 saturated carbocycles. The highest BCUT2D eigenvalue weighted by Crippen LogP contribution is 2.45. The third kappa shape index (κ3) is 68.0. The number of carbonyl (C=O) groups is 4. The Morgan fingerprint density at radius 3 is 0.969 bits per heavy atom. The molecule has 0 spiro atoms. The van der Waals surface area contributed by atoms with Crippen LogP contribution >= 0.6 is 15.6 Å². The molecule has 96 heavy (non-hydrogen) atoms. The number of carbonyl (C=O) groups excluding carboxylic acids is 4. The smallest absolute Gasteiger partial charge is 0.462 e. The molecule has 550 valence electrons. The van der Waals surface area contributed by atoms with E-state index in [4.69, 9.17) is 37.0 Å². The Balaban J connectivity index is 5.42. The van der Waals surface area contributed by atoms with Crippen molar-refractivity contribution in [2.45, 2.75) is 303 Å². The molecule has 0 aromatic rings. The molecular formula is C77H130O17P2. The summed E-state index contributed by atoms with van der Waals surface area (Å²) in [7, 11) is -9.98. The van der Waals surface area contributed by atoms with E-state index >= 15 is 0 Å². The van der Waals surface area contributed by atoms with E-state index in [2.05, 4.69) is 125 Å². The number of esters is 4. The van der Waals surface area contributed by atoms with Crippen LogP contribution in [0.4, 0.5) is 0 Å². The minimum atomic E-state index is -5.00. The van der Waals surface area contributed by atoms with Crippen LogP contribution < -0.4 is 0 Å². The second kappa shape index (κ2) is 69.0. The summed E-state index contributed by atoms with van der Waals surface area (Å²) in [5.74, 6) is -2.36. The van der Waals surface area contributed by atoms with Crippen LogP contribution in [-0.4, -0.2) is 96.7 Å². The molecule has 0 rings (SSSR count). The minimum absolute atomic E-state index is 0.0532. The normalized spacial score (nSPS) is 14.7. The van der Waals surface area contributed by atoms with Gasteiger partial charge in [0, 0.05) is 19.3 Å². The third-order valence-corrected chi connectivity index (χ3v) is 16.8. The SMILES string of the molecule is CC/C=C\C/C=C\C/C=C\C/C=C\C/C=C\CC(=O)OCC(COP(=O)(O)OCC(O)COP(=O)(O)OCC(COC(=O)CCCCCCC/C=C\CCCCCCCC)OC(=O)CCCCCCC/C=C\CCCC)OC(=O)CCCCCCC/C=C\C/C=C\C/C=C\CC. The van der Waals surface area contributed by atoms with Gasteiger partial charge in [-0.3, -0.25) is 37.3 Å². The van der Waals surface area contributed by atoms with Crippen molar-refractivity contribution < 1.29 is 80.2 Å². The van der Waals surface area contributed by atoms with Gasteiger partial charge in [-0.15, -0.1) is 0 Å². The van der Waals surface area contributed by atoms with Gasteiger partial charge < -0.3 is 33.8 Å². The van der Waals surface area contributed by atoms with E-state index in [1.54, 1.807) is 6.08 Å². The molecule has 0 aromatic heterocycles. The van der Waals surface area contributed by atoms with Crippen LogP contribution in [0.15, 0.2) is 122 Å². The van der Waals surface area contributed by atoms with Crippen molar-refractivity contribution in [3.05, 3.63) is 122 Å². The Bertz CT molecular complexity index is 2300. The monoisotopic (exact) mass is 1390 g/mol. The average molecular weight is 1390 g/mol. The number of phosphoric ester groups is 2. The molecule has 5 unspecified atom stereocenters. The molecule has 0 heterocycles. The first-order valence-corrected chi connectivity index (χ1v) is 39.8. The maximum absolute atomic E-state index is 13.0. The fourth-order valence-corrected chi connectivity index (χ4v) is 10.9. The first-order chi connectivity index (χ1) is 46.7. The van der Waals surface area contributed by atoms with Crippen LogP contribution in [0.5, 0.6) is 0 Å². The van der Waals surface area contributed by atoms with E-state index in [0.717, 1.165) is 154 Å². The van der Waals surface area contributed by atoms with Gasteiger partial charge in [-0.25, -0.2) is 9.13 Å². The van der Waals surface area contributed by atoms with Gasteiger partial charge in [-0.05, 0) is 128 Å². The number of aliphatic hydroxyl groups is 1.